The van der Waals surface area contributed by atoms with Crippen molar-refractivity contribution in [1.82, 2.24) is 0 Å². The Morgan fingerprint density at radius 3 is 1.50 bits per heavy atom. The molecule has 2 heteroatoms. The molecule has 0 rings (SSSR count). The summed E-state index contributed by atoms with van der Waals surface area (Å²) < 4.78 is 4.83. The van der Waals surface area contributed by atoms with Gasteiger partial charge < -0.3 is 4.74 Å². The number of hydrogen-bond acceptors (Lipinski definition) is 1. The van der Waals surface area contributed by atoms with Crippen molar-refractivity contribution in [2.24, 2.45) is 0 Å². The first-order valence-electron chi connectivity index (χ1n) is 1.99. The summed E-state index contributed by atoms with van der Waals surface area (Å²) in [6.45, 7) is 5.67. The van der Waals surface area contributed by atoms with Crippen molar-refractivity contribution >= 4 is 18.9 Å². The van der Waals surface area contributed by atoms with Crippen LogP contribution in [0.3, 0.4) is 0 Å². The number of hydrogen-bond donors (Lipinski definition) is 0. The van der Waals surface area contributed by atoms with Gasteiger partial charge in [0.05, 0.1) is 0 Å². The van der Waals surface area contributed by atoms with E-state index in [0.717, 1.165) is 13.2 Å². The smallest absolute Gasteiger partial charge is 0.0437 e. The molecule has 0 spiro atoms. The molecule has 1 nitrogen and oxygen atoms in total. The largest absolute Gasteiger partial charge is 0.382 e. The van der Waals surface area contributed by atoms with Crippen molar-refractivity contribution < 1.29 is 4.74 Å². The van der Waals surface area contributed by atoms with Gasteiger partial charge in [-0.15, -0.1) is 0 Å². The quantitative estimate of drug-likeness (QED) is 0.444. The van der Waals surface area contributed by atoms with Gasteiger partial charge in [-0.1, -0.05) is 0 Å². The molecule has 0 N–H and O–H groups in total. The minimum Gasteiger partial charge on any atom is -0.382 e. The molecule has 0 amide bonds. The standard InChI is InChI=1S/C4H10O.Li/c1-3-5-4-2;/h3-4H2,1-2H3;. The van der Waals surface area contributed by atoms with Gasteiger partial charge in [-0.2, -0.15) is 0 Å². The van der Waals surface area contributed by atoms with Crippen molar-refractivity contribution in [3.05, 3.63) is 0 Å². The van der Waals surface area contributed by atoms with Gasteiger partial charge in [0, 0.05) is 32.1 Å². The van der Waals surface area contributed by atoms with Crippen molar-refractivity contribution in [2.75, 3.05) is 13.2 Å². The molecule has 33 valence electrons. The molecule has 0 aliphatic rings. The van der Waals surface area contributed by atoms with E-state index in [0.29, 0.717) is 0 Å². The Balaban J connectivity index is 0. The minimum atomic E-state index is 0. The number of rotatable bonds is 2. The summed E-state index contributed by atoms with van der Waals surface area (Å²) in [4.78, 5) is 0. The number of ether oxygens (including phenoxy) is 1. The molecule has 0 atom stereocenters. The summed E-state index contributed by atoms with van der Waals surface area (Å²) in [7, 11) is 0. The first-order valence-corrected chi connectivity index (χ1v) is 1.99. The molecule has 0 aliphatic heterocycles. The topological polar surface area (TPSA) is 9.23 Å². The van der Waals surface area contributed by atoms with Gasteiger partial charge in [-0.25, -0.2) is 0 Å². The minimum absolute atomic E-state index is 0. The van der Waals surface area contributed by atoms with Crippen LogP contribution in [0.2, 0.25) is 0 Å². The SMILES string of the molecule is CCOCC.[Li]. The zero-order chi connectivity index (χ0) is 4.12. The second kappa shape index (κ2) is 9.12. The van der Waals surface area contributed by atoms with Crippen LogP contribution in [0.15, 0.2) is 0 Å². The summed E-state index contributed by atoms with van der Waals surface area (Å²) in [5.41, 5.74) is 0. The zero-order valence-corrected chi connectivity index (χ0v) is 4.82. The fourth-order valence-electron chi connectivity index (χ4n) is 0.204. The Kier molecular flexibility index (Phi) is 14.8. The molecule has 6 heavy (non-hydrogen) atoms. The van der Waals surface area contributed by atoms with E-state index >= 15 is 0 Å². The third-order valence-corrected chi connectivity index (χ3v) is 0.408. The van der Waals surface area contributed by atoms with Crippen molar-refractivity contribution in [3.63, 3.8) is 0 Å². The molecule has 0 aromatic carbocycles. The molecule has 0 aromatic heterocycles. The van der Waals surface area contributed by atoms with E-state index in [1.165, 1.54) is 0 Å². The Hall–Kier alpha value is 0.557. The Morgan fingerprint density at radius 2 is 1.50 bits per heavy atom. The third-order valence-electron chi connectivity index (χ3n) is 0.408. The summed E-state index contributed by atoms with van der Waals surface area (Å²) in [6.07, 6.45) is 0. The van der Waals surface area contributed by atoms with Gasteiger partial charge in [-0.05, 0) is 13.8 Å². The average Bonchev–Trinajstić information content (AvgIpc) is 1.41. The molecule has 1 radical (unpaired) electrons. The maximum absolute atomic E-state index is 4.83. The van der Waals surface area contributed by atoms with Crippen LogP contribution in [-0.2, 0) is 4.74 Å². The molecule has 0 bridgehead atoms. The predicted molar refractivity (Wildman–Crippen MR) is 27.9 cm³/mol. The van der Waals surface area contributed by atoms with Crippen LogP contribution in [0.4, 0.5) is 0 Å². The Bertz CT molecular complexity index is 15.0. The molecule has 0 aliphatic carbocycles. The molecule has 0 fully saturated rings. The van der Waals surface area contributed by atoms with Crippen molar-refractivity contribution in [2.45, 2.75) is 13.8 Å². The molecule has 0 heterocycles. The Labute approximate surface area is 51.2 Å². The van der Waals surface area contributed by atoms with Crippen LogP contribution in [0.1, 0.15) is 13.8 Å². The molecular formula is C4H10LiO. The second-order valence-electron chi connectivity index (χ2n) is 0.781. The molecule has 0 unspecified atom stereocenters. The van der Waals surface area contributed by atoms with Crippen LogP contribution >= 0.6 is 0 Å². The Morgan fingerprint density at radius 1 is 1.17 bits per heavy atom. The van der Waals surface area contributed by atoms with E-state index in [2.05, 4.69) is 0 Å². The van der Waals surface area contributed by atoms with Gasteiger partial charge in [0.2, 0.25) is 0 Å². The van der Waals surface area contributed by atoms with Gasteiger partial charge in [0.15, 0.2) is 0 Å². The van der Waals surface area contributed by atoms with E-state index in [9.17, 15) is 0 Å². The third kappa shape index (κ3) is 8.82. The maximum atomic E-state index is 4.83. The van der Waals surface area contributed by atoms with Crippen molar-refractivity contribution in [3.8, 4) is 0 Å². The summed E-state index contributed by atoms with van der Waals surface area (Å²) in [5.74, 6) is 0. The zero-order valence-electron chi connectivity index (χ0n) is 4.82. The van der Waals surface area contributed by atoms with Crippen LogP contribution in [0, 0.1) is 0 Å². The average molecular weight is 81.1 g/mol. The fraction of sp³-hybridized carbons (Fsp3) is 1.00. The van der Waals surface area contributed by atoms with Crippen LogP contribution in [0.25, 0.3) is 0 Å². The molecule has 0 aromatic rings. The summed E-state index contributed by atoms with van der Waals surface area (Å²) >= 11 is 0. The van der Waals surface area contributed by atoms with E-state index in [1.807, 2.05) is 13.8 Å². The second-order valence-corrected chi connectivity index (χ2v) is 0.781. The van der Waals surface area contributed by atoms with Crippen LogP contribution < -0.4 is 0 Å². The van der Waals surface area contributed by atoms with E-state index in [-0.39, 0.29) is 18.9 Å². The monoisotopic (exact) mass is 81.1 g/mol. The van der Waals surface area contributed by atoms with Gasteiger partial charge in [-0.3, -0.25) is 0 Å². The van der Waals surface area contributed by atoms with E-state index in [1.54, 1.807) is 0 Å². The van der Waals surface area contributed by atoms with Crippen LogP contribution in [-0.4, -0.2) is 32.1 Å². The first kappa shape index (κ1) is 9.75. The van der Waals surface area contributed by atoms with Gasteiger partial charge in [0.25, 0.3) is 0 Å². The fourth-order valence-corrected chi connectivity index (χ4v) is 0.204. The van der Waals surface area contributed by atoms with Crippen molar-refractivity contribution in [1.29, 1.82) is 0 Å². The summed E-state index contributed by atoms with van der Waals surface area (Å²) in [6, 6.07) is 0. The maximum Gasteiger partial charge on any atom is 0.0437 e. The molecule has 0 saturated heterocycles. The van der Waals surface area contributed by atoms with Gasteiger partial charge >= 0.3 is 0 Å². The first-order chi connectivity index (χ1) is 2.41. The van der Waals surface area contributed by atoms with E-state index < -0.39 is 0 Å². The molecule has 0 saturated carbocycles. The summed E-state index contributed by atoms with van der Waals surface area (Å²) in [5, 5.41) is 0. The van der Waals surface area contributed by atoms with Gasteiger partial charge in [0.1, 0.15) is 0 Å². The normalized spacial score (nSPS) is 7.00. The molecular weight excluding hydrogens is 71.0 g/mol. The van der Waals surface area contributed by atoms with E-state index in [4.69, 9.17) is 4.74 Å². The van der Waals surface area contributed by atoms with Crippen LogP contribution in [0.5, 0.6) is 0 Å². The predicted octanol–water partition coefficient (Wildman–Crippen LogP) is 0.662.